The fourth-order valence-corrected chi connectivity index (χ4v) is 1.15. The van der Waals surface area contributed by atoms with Gasteiger partial charge in [0.05, 0.1) is 0 Å². The predicted molar refractivity (Wildman–Crippen MR) is 60.1 cm³/mol. The first-order valence-electron chi connectivity index (χ1n) is 5.10. The van der Waals surface area contributed by atoms with Crippen LogP contribution in [0.4, 0.5) is 5.82 Å². The van der Waals surface area contributed by atoms with Gasteiger partial charge in [0.15, 0.2) is 5.69 Å². The first kappa shape index (κ1) is 12.4. The largest absolute Gasteiger partial charge is 0.385 e. The van der Waals surface area contributed by atoms with Crippen LogP contribution in [0.15, 0.2) is 12.1 Å². The van der Waals surface area contributed by atoms with Crippen LogP contribution in [0.2, 0.25) is 0 Å². The van der Waals surface area contributed by atoms with Gasteiger partial charge in [-0.1, -0.05) is 0 Å². The Labute approximate surface area is 94.2 Å². The topological polar surface area (TPSA) is 90.1 Å². The molecule has 0 saturated carbocycles. The molecule has 1 rings (SSSR count). The molecular formula is C10H16N4O2. The summed E-state index contributed by atoms with van der Waals surface area (Å²) in [4.78, 5) is 10.7. The zero-order valence-corrected chi connectivity index (χ0v) is 9.27. The molecule has 1 aromatic rings. The summed E-state index contributed by atoms with van der Waals surface area (Å²) in [6, 6.07) is 3.23. The van der Waals surface area contributed by atoms with Crippen molar-refractivity contribution in [2.24, 2.45) is 5.73 Å². The van der Waals surface area contributed by atoms with Crippen molar-refractivity contribution >= 4 is 11.7 Å². The molecule has 0 saturated heterocycles. The lowest BCUT2D eigenvalue weighted by molar-refractivity contribution is 0.0994. The van der Waals surface area contributed by atoms with Crippen LogP contribution in [0.1, 0.15) is 23.3 Å². The lowest BCUT2D eigenvalue weighted by Crippen LogP contribution is -2.14. The van der Waals surface area contributed by atoms with E-state index in [0.29, 0.717) is 5.82 Å². The summed E-state index contributed by atoms with van der Waals surface area (Å²) < 4.78 is 4.93. The van der Waals surface area contributed by atoms with Crippen LogP contribution in [0.3, 0.4) is 0 Å². The van der Waals surface area contributed by atoms with Gasteiger partial charge in [0, 0.05) is 20.3 Å². The number of carbonyl (C=O) groups excluding carboxylic acids is 1. The number of unbranched alkanes of at least 4 members (excludes halogenated alkanes) is 1. The molecule has 16 heavy (non-hydrogen) atoms. The van der Waals surface area contributed by atoms with Gasteiger partial charge in [0.1, 0.15) is 5.82 Å². The molecule has 88 valence electrons. The quantitative estimate of drug-likeness (QED) is 0.655. The summed E-state index contributed by atoms with van der Waals surface area (Å²) in [5.74, 6) is 0.0709. The third kappa shape index (κ3) is 4.22. The lowest BCUT2D eigenvalue weighted by atomic mass is 10.3. The predicted octanol–water partition coefficient (Wildman–Crippen LogP) is 0.414. The van der Waals surface area contributed by atoms with Crippen LogP contribution in [-0.2, 0) is 4.74 Å². The Bertz CT molecular complexity index is 326. The number of rotatable bonds is 7. The number of carbonyl (C=O) groups is 1. The number of primary amides is 1. The molecule has 3 N–H and O–H groups in total. The molecule has 0 spiro atoms. The van der Waals surface area contributed by atoms with Crippen molar-refractivity contribution < 1.29 is 9.53 Å². The summed E-state index contributed by atoms with van der Waals surface area (Å²) in [5.41, 5.74) is 5.21. The molecule has 0 aromatic carbocycles. The molecule has 0 unspecified atom stereocenters. The van der Waals surface area contributed by atoms with Crippen LogP contribution in [0.5, 0.6) is 0 Å². The smallest absolute Gasteiger partial charge is 0.269 e. The molecule has 6 nitrogen and oxygen atoms in total. The van der Waals surface area contributed by atoms with Crippen LogP contribution in [-0.4, -0.2) is 36.4 Å². The summed E-state index contributed by atoms with van der Waals surface area (Å²) in [6.45, 7) is 1.56. The minimum Gasteiger partial charge on any atom is -0.385 e. The van der Waals surface area contributed by atoms with Gasteiger partial charge in [0.25, 0.3) is 5.91 Å². The number of nitrogens with zero attached hydrogens (tertiary/aromatic N) is 2. The second-order valence-electron chi connectivity index (χ2n) is 3.29. The number of aromatic nitrogens is 2. The maximum absolute atomic E-state index is 10.7. The van der Waals surface area contributed by atoms with Crippen LogP contribution < -0.4 is 11.1 Å². The van der Waals surface area contributed by atoms with Gasteiger partial charge in [0.2, 0.25) is 0 Å². The van der Waals surface area contributed by atoms with E-state index in [0.717, 1.165) is 26.0 Å². The molecule has 1 amide bonds. The average Bonchev–Trinajstić information content (AvgIpc) is 2.29. The Hall–Kier alpha value is -1.69. The van der Waals surface area contributed by atoms with Gasteiger partial charge in [-0.3, -0.25) is 4.79 Å². The van der Waals surface area contributed by atoms with E-state index in [-0.39, 0.29) is 5.69 Å². The van der Waals surface area contributed by atoms with Crippen molar-refractivity contribution in [2.45, 2.75) is 12.8 Å². The maximum Gasteiger partial charge on any atom is 0.269 e. The highest BCUT2D eigenvalue weighted by atomic mass is 16.5. The van der Waals surface area contributed by atoms with Crippen molar-refractivity contribution in [3.63, 3.8) is 0 Å². The summed E-state index contributed by atoms with van der Waals surface area (Å²) in [6.07, 6.45) is 1.99. The van der Waals surface area contributed by atoms with Gasteiger partial charge >= 0.3 is 0 Å². The minimum atomic E-state index is -0.570. The fourth-order valence-electron chi connectivity index (χ4n) is 1.15. The standard InChI is InChI=1S/C10H16N4O2/c1-16-7-3-2-6-12-9-5-4-8(10(11)15)13-14-9/h4-5H,2-3,6-7H2,1H3,(H2,11,15)(H,12,14). The van der Waals surface area contributed by atoms with Crippen molar-refractivity contribution in [1.82, 2.24) is 10.2 Å². The maximum atomic E-state index is 10.7. The highest BCUT2D eigenvalue weighted by molar-refractivity contribution is 5.90. The minimum absolute atomic E-state index is 0.171. The number of nitrogens with two attached hydrogens (primary N) is 1. The number of methoxy groups -OCH3 is 1. The third-order valence-corrected chi connectivity index (χ3v) is 2.00. The number of amides is 1. The molecule has 1 aromatic heterocycles. The highest BCUT2D eigenvalue weighted by Crippen LogP contribution is 2.02. The van der Waals surface area contributed by atoms with Crippen molar-refractivity contribution in [2.75, 3.05) is 25.6 Å². The summed E-state index contributed by atoms with van der Waals surface area (Å²) >= 11 is 0. The number of ether oxygens (including phenoxy) is 1. The summed E-state index contributed by atoms with van der Waals surface area (Å²) in [7, 11) is 1.68. The second-order valence-corrected chi connectivity index (χ2v) is 3.29. The van der Waals surface area contributed by atoms with Crippen molar-refractivity contribution in [3.05, 3.63) is 17.8 Å². The molecule has 0 fully saturated rings. The normalized spacial score (nSPS) is 10.1. The Morgan fingerprint density at radius 1 is 1.44 bits per heavy atom. The van der Waals surface area contributed by atoms with Crippen LogP contribution >= 0.6 is 0 Å². The molecule has 1 heterocycles. The first-order valence-corrected chi connectivity index (χ1v) is 5.10. The zero-order valence-electron chi connectivity index (χ0n) is 9.27. The van der Waals surface area contributed by atoms with Gasteiger partial charge in [-0.2, -0.15) is 0 Å². The van der Waals surface area contributed by atoms with E-state index in [4.69, 9.17) is 10.5 Å². The van der Waals surface area contributed by atoms with Gasteiger partial charge < -0.3 is 15.8 Å². The molecular weight excluding hydrogens is 208 g/mol. The third-order valence-electron chi connectivity index (χ3n) is 2.00. The number of anilines is 1. The van der Waals surface area contributed by atoms with E-state index in [1.807, 2.05) is 0 Å². The van der Waals surface area contributed by atoms with Gasteiger partial charge in [-0.15, -0.1) is 10.2 Å². The van der Waals surface area contributed by atoms with Gasteiger partial charge in [-0.25, -0.2) is 0 Å². The second kappa shape index (κ2) is 6.73. The first-order chi connectivity index (χ1) is 7.74. The van der Waals surface area contributed by atoms with E-state index in [9.17, 15) is 4.79 Å². The zero-order chi connectivity index (χ0) is 11.8. The summed E-state index contributed by atoms with van der Waals surface area (Å²) in [5, 5.41) is 10.6. The van der Waals surface area contributed by atoms with E-state index >= 15 is 0 Å². The van der Waals surface area contributed by atoms with E-state index < -0.39 is 5.91 Å². The van der Waals surface area contributed by atoms with Crippen molar-refractivity contribution in [3.8, 4) is 0 Å². The highest BCUT2D eigenvalue weighted by Gasteiger charge is 2.02. The van der Waals surface area contributed by atoms with E-state index in [1.54, 1.807) is 19.2 Å². The molecule has 0 bridgehead atoms. The Morgan fingerprint density at radius 2 is 2.25 bits per heavy atom. The van der Waals surface area contributed by atoms with Crippen molar-refractivity contribution in [1.29, 1.82) is 0 Å². The number of hydrogen-bond donors (Lipinski definition) is 2. The van der Waals surface area contributed by atoms with Gasteiger partial charge in [-0.05, 0) is 25.0 Å². The van der Waals surface area contributed by atoms with Crippen LogP contribution in [0, 0.1) is 0 Å². The molecule has 0 radical (unpaired) electrons. The number of nitrogens with one attached hydrogen (secondary N) is 1. The Balaban J connectivity index is 2.29. The molecule has 0 aliphatic carbocycles. The molecule has 0 aliphatic rings. The van der Waals surface area contributed by atoms with E-state index in [1.165, 1.54) is 0 Å². The lowest BCUT2D eigenvalue weighted by Gasteiger charge is -2.04. The average molecular weight is 224 g/mol. The Morgan fingerprint density at radius 3 is 2.81 bits per heavy atom. The molecule has 0 atom stereocenters. The van der Waals surface area contributed by atoms with Crippen LogP contribution in [0.25, 0.3) is 0 Å². The molecule has 0 aliphatic heterocycles. The molecule has 6 heteroatoms. The fraction of sp³-hybridized carbons (Fsp3) is 0.500. The number of hydrogen-bond acceptors (Lipinski definition) is 5. The Kier molecular flexibility index (Phi) is 5.21. The monoisotopic (exact) mass is 224 g/mol. The SMILES string of the molecule is COCCCCNc1ccc(C(N)=O)nn1. The van der Waals surface area contributed by atoms with E-state index in [2.05, 4.69) is 15.5 Å².